The number of alkyl halides is 1. The van der Waals surface area contributed by atoms with Crippen molar-refractivity contribution >= 4 is 22.8 Å². The molecule has 1 fully saturated rings. The van der Waals surface area contributed by atoms with E-state index >= 15 is 0 Å². The van der Waals surface area contributed by atoms with Crippen LogP contribution in [0.3, 0.4) is 0 Å². The van der Waals surface area contributed by atoms with Gasteiger partial charge in [-0.15, -0.1) is 11.3 Å². The molecule has 3 heterocycles. The van der Waals surface area contributed by atoms with Gasteiger partial charge in [0.15, 0.2) is 0 Å². The first-order valence-corrected chi connectivity index (χ1v) is 12.6. The van der Waals surface area contributed by atoms with Crippen molar-refractivity contribution in [3.05, 3.63) is 60.2 Å². The molecule has 2 aromatic heterocycles. The number of hydrogen-bond donors (Lipinski definition) is 2. The number of nitrogens with zero attached hydrogens (tertiary/aromatic N) is 1. The van der Waals surface area contributed by atoms with Crippen molar-refractivity contribution in [3.8, 4) is 0 Å². The quantitative estimate of drug-likeness (QED) is 0.574. The highest BCUT2D eigenvalue weighted by Gasteiger charge is 2.25. The SMILES string of the molecule is CCC(=C1CCN(CC(C)(C)F)CC1)c1scc(C(=O)NCc2c(C)cc(C)[nH]c2=O)c1C. The number of aryl methyl sites for hydroxylation is 2. The lowest BCUT2D eigenvalue weighted by Gasteiger charge is -2.32. The van der Waals surface area contributed by atoms with Crippen LogP contribution in [0.5, 0.6) is 0 Å². The number of pyridine rings is 1. The Kier molecular flexibility index (Phi) is 7.96. The van der Waals surface area contributed by atoms with Crippen molar-refractivity contribution in [2.24, 2.45) is 0 Å². The molecule has 0 saturated carbocycles. The van der Waals surface area contributed by atoms with E-state index in [1.807, 2.05) is 32.2 Å². The summed E-state index contributed by atoms with van der Waals surface area (Å²) in [5, 5.41) is 4.84. The minimum Gasteiger partial charge on any atom is -0.348 e. The van der Waals surface area contributed by atoms with Crippen LogP contribution in [-0.4, -0.2) is 41.1 Å². The van der Waals surface area contributed by atoms with Crippen LogP contribution in [0, 0.1) is 20.8 Å². The summed E-state index contributed by atoms with van der Waals surface area (Å²) in [7, 11) is 0. The topological polar surface area (TPSA) is 65.2 Å². The predicted molar refractivity (Wildman–Crippen MR) is 135 cm³/mol. The summed E-state index contributed by atoms with van der Waals surface area (Å²) in [5.41, 5.74) is 5.33. The number of nitrogens with one attached hydrogen (secondary N) is 2. The van der Waals surface area contributed by atoms with Crippen molar-refractivity contribution in [1.29, 1.82) is 0 Å². The fourth-order valence-electron chi connectivity index (χ4n) is 4.69. The lowest BCUT2D eigenvalue weighted by Crippen LogP contribution is -2.39. The molecule has 2 aromatic rings. The van der Waals surface area contributed by atoms with Crippen molar-refractivity contribution < 1.29 is 9.18 Å². The highest BCUT2D eigenvalue weighted by atomic mass is 32.1. The highest BCUT2D eigenvalue weighted by molar-refractivity contribution is 7.11. The van der Waals surface area contributed by atoms with Gasteiger partial charge in [0.1, 0.15) is 5.67 Å². The van der Waals surface area contributed by atoms with E-state index in [9.17, 15) is 14.0 Å². The van der Waals surface area contributed by atoms with Crippen molar-refractivity contribution in [3.63, 3.8) is 0 Å². The molecule has 0 bridgehead atoms. The van der Waals surface area contributed by atoms with Crippen LogP contribution < -0.4 is 10.9 Å². The van der Waals surface area contributed by atoms with Gasteiger partial charge in [0, 0.05) is 47.7 Å². The molecule has 0 aromatic carbocycles. The fraction of sp³-hybridized carbons (Fsp3) is 0.538. The highest BCUT2D eigenvalue weighted by Crippen LogP contribution is 2.36. The van der Waals surface area contributed by atoms with E-state index in [2.05, 4.69) is 22.1 Å². The van der Waals surface area contributed by atoms with E-state index in [4.69, 9.17) is 0 Å². The van der Waals surface area contributed by atoms with Crippen LogP contribution in [0.1, 0.15) is 77.7 Å². The lowest BCUT2D eigenvalue weighted by molar-refractivity contribution is 0.0950. The van der Waals surface area contributed by atoms with Crippen molar-refractivity contribution in [2.75, 3.05) is 19.6 Å². The van der Waals surface area contributed by atoms with Gasteiger partial charge in [-0.3, -0.25) is 14.5 Å². The third kappa shape index (κ3) is 6.21. The number of carbonyl (C=O) groups is 1. The zero-order valence-corrected chi connectivity index (χ0v) is 21.5. The van der Waals surface area contributed by atoms with E-state index in [1.54, 1.807) is 25.2 Å². The Morgan fingerprint density at radius 1 is 1.24 bits per heavy atom. The third-order valence-corrected chi connectivity index (χ3v) is 7.46. The number of aromatic amines is 1. The molecule has 3 rings (SSSR count). The molecule has 2 N–H and O–H groups in total. The molecule has 0 atom stereocenters. The number of aromatic nitrogens is 1. The Hall–Kier alpha value is -2.25. The molecule has 33 heavy (non-hydrogen) atoms. The molecule has 5 nitrogen and oxygen atoms in total. The lowest BCUT2D eigenvalue weighted by atomic mass is 9.93. The second-order valence-corrected chi connectivity index (χ2v) is 10.5. The Morgan fingerprint density at radius 2 is 1.91 bits per heavy atom. The average Bonchev–Trinajstić information content (AvgIpc) is 3.09. The summed E-state index contributed by atoms with van der Waals surface area (Å²) in [4.78, 5) is 31.3. The molecular formula is C26H36FN3O2S. The number of rotatable bonds is 7. The normalized spacial score (nSPS) is 15.1. The monoisotopic (exact) mass is 473 g/mol. The van der Waals surface area contributed by atoms with E-state index in [-0.39, 0.29) is 18.0 Å². The first-order valence-electron chi connectivity index (χ1n) is 11.7. The number of H-pyrrole nitrogens is 1. The summed E-state index contributed by atoms with van der Waals surface area (Å²) in [6.07, 6.45) is 2.78. The summed E-state index contributed by atoms with van der Waals surface area (Å²) in [5.74, 6) is -0.158. The molecule has 1 aliphatic rings. The van der Waals surface area contributed by atoms with E-state index in [1.165, 1.54) is 16.0 Å². The number of hydrogen-bond acceptors (Lipinski definition) is 4. The Bertz CT molecular complexity index is 1100. The molecule has 7 heteroatoms. The molecule has 0 unspecified atom stereocenters. The maximum absolute atomic E-state index is 14.0. The van der Waals surface area contributed by atoms with Gasteiger partial charge in [0.25, 0.3) is 11.5 Å². The smallest absolute Gasteiger partial charge is 0.253 e. The minimum atomic E-state index is -1.18. The van der Waals surface area contributed by atoms with Gasteiger partial charge in [0.2, 0.25) is 0 Å². The van der Waals surface area contributed by atoms with Crippen LogP contribution in [-0.2, 0) is 6.54 Å². The molecule has 0 radical (unpaired) electrons. The van der Waals surface area contributed by atoms with Crippen LogP contribution in [0.4, 0.5) is 4.39 Å². The Morgan fingerprint density at radius 3 is 2.48 bits per heavy atom. The number of amides is 1. The van der Waals surface area contributed by atoms with Crippen molar-refractivity contribution in [1.82, 2.24) is 15.2 Å². The largest absolute Gasteiger partial charge is 0.348 e. The molecular weight excluding hydrogens is 437 g/mol. The van der Waals surface area contributed by atoms with E-state index in [0.29, 0.717) is 17.7 Å². The fourth-order valence-corrected chi connectivity index (χ4v) is 5.93. The van der Waals surface area contributed by atoms with E-state index in [0.717, 1.165) is 49.2 Å². The van der Waals surface area contributed by atoms with Crippen LogP contribution in [0.15, 0.2) is 21.8 Å². The average molecular weight is 474 g/mol. The number of allylic oxidation sites excluding steroid dienone is 1. The maximum atomic E-state index is 14.0. The molecule has 1 aliphatic heterocycles. The van der Waals surface area contributed by atoms with Crippen LogP contribution in [0.25, 0.3) is 5.57 Å². The summed E-state index contributed by atoms with van der Waals surface area (Å²) in [6.45, 7) is 13.6. The molecule has 1 saturated heterocycles. The number of piperidine rings is 1. The van der Waals surface area contributed by atoms with Crippen molar-refractivity contribution in [2.45, 2.75) is 73.0 Å². The number of thiophene rings is 1. The summed E-state index contributed by atoms with van der Waals surface area (Å²) < 4.78 is 14.0. The standard InChI is InChI=1S/C26H36FN3O2S/c1-7-20(19-8-10-30(11-9-19)15-26(5,6)27)23-18(4)22(14-33-23)24(31)28-13-21-16(2)12-17(3)29-25(21)32/h12,14H,7-11,13,15H2,1-6H3,(H,28,31)(H,29,32). The van der Waals surface area contributed by atoms with Gasteiger partial charge in [0.05, 0.1) is 5.56 Å². The molecule has 180 valence electrons. The second kappa shape index (κ2) is 10.3. The first kappa shape index (κ1) is 25.4. The number of likely N-dealkylation sites (tertiary alicyclic amines) is 1. The van der Waals surface area contributed by atoms with Gasteiger partial charge in [-0.2, -0.15) is 0 Å². The third-order valence-electron chi connectivity index (χ3n) is 6.32. The second-order valence-electron chi connectivity index (χ2n) is 9.66. The van der Waals surface area contributed by atoms with E-state index < -0.39 is 5.67 Å². The van der Waals surface area contributed by atoms with Gasteiger partial charge in [-0.05, 0) is 76.6 Å². The molecule has 0 aliphatic carbocycles. The molecule has 0 spiro atoms. The maximum Gasteiger partial charge on any atom is 0.253 e. The van der Waals surface area contributed by atoms with Gasteiger partial charge < -0.3 is 10.3 Å². The van der Waals surface area contributed by atoms with Crippen LogP contribution in [0.2, 0.25) is 0 Å². The Labute approximate surface area is 200 Å². The zero-order chi connectivity index (χ0) is 24.3. The van der Waals surface area contributed by atoms with Gasteiger partial charge >= 0.3 is 0 Å². The zero-order valence-electron chi connectivity index (χ0n) is 20.7. The predicted octanol–water partition coefficient (Wildman–Crippen LogP) is 5.30. The van der Waals surface area contributed by atoms with Gasteiger partial charge in [-0.1, -0.05) is 12.5 Å². The summed E-state index contributed by atoms with van der Waals surface area (Å²) in [6, 6.07) is 1.91. The first-order chi connectivity index (χ1) is 15.5. The molecule has 1 amide bonds. The number of carbonyl (C=O) groups excluding carboxylic acids is 1. The number of halogens is 1. The minimum absolute atomic E-state index is 0.156. The van der Waals surface area contributed by atoms with Gasteiger partial charge in [-0.25, -0.2) is 4.39 Å². The summed E-state index contributed by atoms with van der Waals surface area (Å²) >= 11 is 1.61. The Balaban J connectivity index is 1.73. The van der Waals surface area contributed by atoms with Crippen LogP contribution >= 0.6 is 11.3 Å².